The number of nitrogens with zero attached hydrogens (tertiary/aromatic N) is 1. The highest BCUT2D eigenvalue weighted by Gasteiger charge is 2.31. The van der Waals surface area contributed by atoms with Crippen LogP contribution in [0.4, 0.5) is 15.5 Å². The fourth-order valence-corrected chi connectivity index (χ4v) is 5.84. The highest BCUT2D eigenvalue weighted by molar-refractivity contribution is 7.16. The van der Waals surface area contributed by atoms with Gasteiger partial charge in [0.2, 0.25) is 0 Å². The zero-order valence-electron chi connectivity index (χ0n) is 23.4. The first-order valence-electron chi connectivity index (χ1n) is 13.1. The molecule has 2 heterocycles. The van der Waals surface area contributed by atoms with Crippen LogP contribution in [0.1, 0.15) is 40.2 Å². The second-order valence-electron chi connectivity index (χ2n) is 8.83. The van der Waals surface area contributed by atoms with Gasteiger partial charge >= 0.3 is 6.09 Å². The summed E-state index contributed by atoms with van der Waals surface area (Å²) in [6.45, 7) is 5.65. The average molecular weight is 570 g/mol. The van der Waals surface area contributed by atoms with Crippen molar-refractivity contribution in [1.82, 2.24) is 4.90 Å². The number of amides is 2. The van der Waals surface area contributed by atoms with Gasteiger partial charge in [0, 0.05) is 29.6 Å². The van der Waals surface area contributed by atoms with Crippen molar-refractivity contribution in [1.29, 1.82) is 0 Å². The van der Waals surface area contributed by atoms with E-state index in [9.17, 15) is 9.59 Å². The summed E-state index contributed by atoms with van der Waals surface area (Å²) in [4.78, 5) is 28.8. The number of hydrogen-bond donors (Lipinski definition) is 2. The molecule has 1 aliphatic rings. The van der Waals surface area contributed by atoms with E-state index in [1.807, 2.05) is 37.3 Å². The topological polar surface area (TPSA) is 108 Å². The van der Waals surface area contributed by atoms with E-state index < -0.39 is 0 Å². The minimum atomic E-state index is -0.359. The van der Waals surface area contributed by atoms with Crippen LogP contribution in [0.5, 0.6) is 23.0 Å². The van der Waals surface area contributed by atoms with Crippen molar-refractivity contribution in [2.75, 3.05) is 51.7 Å². The fraction of sp³-hybridized carbons (Fsp3) is 0.379. The maximum absolute atomic E-state index is 13.8. The number of ether oxygens (including phenoxy) is 5. The zero-order chi connectivity index (χ0) is 28.6. The van der Waals surface area contributed by atoms with E-state index >= 15 is 0 Å². The number of anilines is 2. The van der Waals surface area contributed by atoms with Crippen molar-refractivity contribution in [2.24, 2.45) is 0 Å². The summed E-state index contributed by atoms with van der Waals surface area (Å²) in [5.41, 5.74) is 2.88. The summed E-state index contributed by atoms with van der Waals surface area (Å²) in [5, 5.41) is 7.17. The van der Waals surface area contributed by atoms with Crippen LogP contribution in [0.3, 0.4) is 0 Å². The van der Waals surface area contributed by atoms with Crippen molar-refractivity contribution < 1.29 is 33.3 Å². The van der Waals surface area contributed by atoms with Crippen LogP contribution >= 0.6 is 11.3 Å². The van der Waals surface area contributed by atoms with Gasteiger partial charge in [0.25, 0.3) is 5.91 Å². The largest absolute Gasteiger partial charge is 0.496 e. The van der Waals surface area contributed by atoms with Crippen molar-refractivity contribution in [2.45, 2.75) is 33.4 Å². The van der Waals surface area contributed by atoms with Crippen molar-refractivity contribution in [3.63, 3.8) is 0 Å². The molecule has 0 spiro atoms. The highest BCUT2D eigenvalue weighted by Crippen LogP contribution is 2.40. The smallest absolute Gasteiger partial charge is 0.410 e. The van der Waals surface area contributed by atoms with Crippen LogP contribution in [-0.2, 0) is 24.2 Å². The molecule has 2 N–H and O–H groups in total. The van der Waals surface area contributed by atoms with Crippen LogP contribution in [0.25, 0.3) is 0 Å². The number of benzene rings is 2. The molecule has 1 aliphatic heterocycles. The Hall–Kier alpha value is -4.12. The monoisotopic (exact) mass is 569 g/mol. The number of para-hydroxylation sites is 2. The lowest BCUT2D eigenvalue weighted by molar-refractivity contribution is 0.102. The zero-order valence-corrected chi connectivity index (χ0v) is 24.2. The van der Waals surface area contributed by atoms with E-state index in [2.05, 4.69) is 10.6 Å². The molecule has 2 amide bonds. The van der Waals surface area contributed by atoms with E-state index in [4.69, 9.17) is 23.7 Å². The molecule has 0 fully saturated rings. The van der Waals surface area contributed by atoms with Gasteiger partial charge < -0.3 is 39.2 Å². The summed E-state index contributed by atoms with van der Waals surface area (Å²) >= 11 is 1.46. The second kappa shape index (κ2) is 13.3. The molecule has 3 aromatic rings. The number of nitrogens with one attached hydrogen (secondary N) is 2. The first kappa shape index (κ1) is 28.9. The maximum Gasteiger partial charge on any atom is 0.410 e. The van der Waals surface area contributed by atoms with Gasteiger partial charge in [0.1, 0.15) is 16.5 Å². The molecule has 11 heteroatoms. The number of hydrogen-bond acceptors (Lipinski definition) is 9. The number of carbonyl (C=O) groups excluding carboxylic acids is 2. The summed E-state index contributed by atoms with van der Waals surface area (Å²) in [5.74, 6) is 2.09. The third-order valence-corrected chi connectivity index (χ3v) is 7.65. The SMILES string of the molecule is CCOC(=O)N1CCc2c(sc(NCc3cc(OC)c(OC)cc3OC)c2C(=O)Nc2ccccc2OCC)C1. The molecule has 0 atom stereocenters. The lowest BCUT2D eigenvalue weighted by atomic mass is 10.0. The molecule has 214 valence electrons. The third-order valence-electron chi connectivity index (χ3n) is 6.47. The summed E-state index contributed by atoms with van der Waals surface area (Å²) < 4.78 is 27.4. The van der Waals surface area contributed by atoms with E-state index in [-0.39, 0.29) is 12.0 Å². The number of methoxy groups -OCH3 is 3. The van der Waals surface area contributed by atoms with E-state index in [0.717, 1.165) is 16.0 Å². The Bertz CT molecular complexity index is 1360. The molecule has 0 aliphatic carbocycles. The van der Waals surface area contributed by atoms with Crippen molar-refractivity contribution in [3.8, 4) is 23.0 Å². The van der Waals surface area contributed by atoms with Gasteiger partial charge in [0.05, 0.1) is 52.3 Å². The Balaban J connectivity index is 1.68. The number of fused-ring (bicyclic) bond motifs is 1. The fourth-order valence-electron chi connectivity index (χ4n) is 4.58. The van der Waals surface area contributed by atoms with Gasteiger partial charge in [-0.1, -0.05) is 12.1 Å². The third kappa shape index (κ3) is 6.20. The van der Waals surface area contributed by atoms with Gasteiger partial charge in [-0.3, -0.25) is 4.79 Å². The molecule has 4 rings (SSSR count). The highest BCUT2D eigenvalue weighted by atomic mass is 32.1. The van der Waals surface area contributed by atoms with Gasteiger partial charge in [-0.05, 0) is 44.0 Å². The standard InChI is InChI=1S/C29H35N3O7S/c1-6-38-21-11-9-8-10-20(21)31-27(33)26-19-12-13-32(29(34)39-7-2)17-25(19)40-28(26)30-16-18-14-23(36-4)24(37-5)15-22(18)35-3/h8-11,14-15,30H,6-7,12-13,16-17H2,1-5H3,(H,31,33). The Labute approximate surface area is 238 Å². The Morgan fingerprint density at radius 3 is 2.38 bits per heavy atom. The average Bonchev–Trinajstić information content (AvgIpc) is 3.34. The second-order valence-corrected chi connectivity index (χ2v) is 9.94. The minimum absolute atomic E-state index is 0.254. The molecule has 2 aromatic carbocycles. The first-order chi connectivity index (χ1) is 19.4. The van der Waals surface area contributed by atoms with Crippen LogP contribution in [0.2, 0.25) is 0 Å². The van der Waals surface area contributed by atoms with Gasteiger partial charge in [-0.2, -0.15) is 0 Å². The first-order valence-corrected chi connectivity index (χ1v) is 13.9. The van der Waals surface area contributed by atoms with Crippen LogP contribution in [-0.4, -0.2) is 58.0 Å². The van der Waals surface area contributed by atoms with Gasteiger partial charge in [0.15, 0.2) is 11.5 Å². The molecule has 40 heavy (non-hydrogen) atoms. The maximum atomic E-state index is 13.8. The van der Waals surface area contributed by atoms with E-state index in [1.165, 1.54) is 11.3 Å². The molecule has 0 saturated heterocycles. The lowest BCUT2D eigenvalue weighted by Crippen LogP contribution is -2.36. The Morgan fingerprint density at radius 2 is 1.68 bits per heavy atom. The molecule has 0 radical (unpaired) electrons. The predicted octanol–water partition coefficient (Wildman–Crippen LogP) is 5.55. The molecular weight excluding hydrogens is 534 g/mol. The Morgan fingerprint density at radius 1 is 0.950 bits per heavy atom. The van der Waals surface area contributed by atoms with Gasteiger partial charge in [-0.25, -0.2) is 4.79 Å². The van der Waals surface area contributed by atoms with Gasteiger partial charge in [-0.15, -0.1) is 11.3 Å². The van der Waals surface area contributed by atoms with Crippen molar-refractivity contribution in [3.05, 3.63) is 58.0 Å². The molecular formula is C29H35N3O7S. The predicted molar refractivity (Wildman–Crippen MR) is 154 cm³/mol. The van der Waals surface area contributed by atoms with Crippen LogP contribution in [0, 0.1) is 0 Å². The number of rotatable bonds is 11. The molecule has 0 bridgehead atoms. The molecule has 1 aromatic heterocycles. The normalized spacial score (nSPS) is 12.3. The quantitative estimate of drug-likeness (QED) is 0.310. The molecule has 0 unspecified atom stereocenters. The van der Waals surface area contributed by atoms with Crippen LogP contribution < -0.4 is 29.6 Å². The summed E-state index contributed by atoms with van der Waals surface area (Å²) in [6, 6.07) is 11.0. The van der Waals surface area contributed by atoms with E-state index in [0.29, 0.717) is 78.5 Å². The number of carbonyl (C=O) groups is 2. The van der Waals surface area contributed by atoms with Crippen molar-refractivity contribution >= 4 is 34.0 Å². The molecule has 10 nitrogen and oxygen atoms in total. The summed E-state index contributed by atoms with van der Waals surface area (Å²) in [6.07, 6.45) is 0.171. The lowest BCUT2D eigenvalue weighted by Gasteiger charge is -2.26. The minimum Gasteiger partial charge on any atom is -0.496 e. The summed E-state index contributed by atoms with van der Waals surface area (Å²) in [7, 11) is 4.74. The van der Waals surface area contributed by atoms with Crippen LogP contribution in [0.15, 0.2) is 36.4 Å². The molecule has 0 saturated carbocycles. The van der Waals surface area contributed by atoms with E-state index in [1.54, 1.807) is 39.2 Å². The Kier molecular flexibility index (Phi) is 9.60. The number of thiophene rings is 1.